The zero-order chi connectivity index (χ0) is 12.8. The second-order valence-corrected chi connectivity index (χ2v) is 5.01. The second kappa shape index (κ2) is 14.0. The molecular weight excluding hydrogens is 210 g/mol. The summed E-state index contributed by atoms with van der Waals surface area (Å²) in [5.41, 5.74) is 0. The lowest BCUT2D eigenvalue weighted by Crippen LogP contribution is -2.27. The van der Waals surface area contributed by atoms with E-state index in [1.165, 1.54) is 51.4 Å². The molecule has 0 aliphatic rings. The van der Waals surface area contributed by atoms with Crippen molar-refractivity contribution in [2.45, 2.75) is 78.2 Å². The van der Waals surface area contributed by atoms with Crippen LogP contribution in [0.4, 0.5) is 0 Å². The first-order valence-electron chi connectivity index (χ1n) is 7.63. The zero-order valence-corrected chi connectivity index (χ0v) is 12.3. The van der Waals surface area contributed by atoms with Crippen molar-refractivity contribution >= 4 is 0 Å². The summed E-state index contributed by atoms with van der Waals surface area (Å²) in [6.45, 7) is 9.73. The van der Waals surface area contributed by atoms with E-state index in [1.54, 1.807) is 0 Å². The third kappa shape index (κ3) is 13.9. The van der Waals surface area contributed by atoms with Crippen molar-refractivity contribution < 1.29 is 4.74 Å². The van der Waals surface area contributed by atoms with E-state index in [1.807, 2.05) is 0 Å². The maximum atomic E-state index is 5.77. The summed E-state index contributed by atoms with van der Waals surface area (Å²) in [4.78, 5) is 0. The minimum absolute atomic E-state index is 0.364. The third-order valence-corrected chi connectivity index (χ3v) is 3.04. The van der Waals surface area contributed by atoms with E-state index in [9.17, 15) is 0 Å². The molecule has 1 atom stereocenters. The van der Waals surface area contributed by atoms with Crippen LogP contribution in [-0.4, -0.2) is 25.8 Å². The largest absolute Gasteiger partial charge is 0.377 e. The van der Waals surface area contributed by atoms with Crippen molar-refractivity contribution in [3.05, 3.63) is 0 Å². The Labute approximate surface area is 109 Å². The first-order valence-corrected chi connectivity index (χ1v) is 7.63. The molecule has 0 saturated carbocycles. The zero-order valence-electron chi connectivity index (χ0n) is 12.3. The molecule has 0 bridgehead atoms. The maximum Gasteiger partial charge on any atom is 0.0671 e. The highest BCUT2D eigenvalue weighted by Crippen LogP contribution is 2.03. The Kier molecular flexibility index (Phi) is 13.9. The van der Waals surface area contributed by atoms with E-state index in [2.05, 4.69) is 26.1 Å². The molecule has 0 saturated heterocycles. The van der Waals surface area contributed by atoms with Crippen LogP contribution in [0.25, 0.3) is 0 Å². The lowest BCUT2D eigenvalue weighted by Gasteiger charge is -2.13. The molecule has 0 radical (unpaired) electrons. The third-order valence-electron chi connectivity index (χ3n) is 3.04. The molecule has 1 N–H and O–H groups in total. The highest BCUT2D eigenvalue weighted by atomic mass is 16.5. The molecule has 0 heterocycles. The number of rotatable bonds is 13. The molecule has 104 valence electrons. The monoisotopic (exact) mass is 243 g/mol. The molecule has 2 heteroatoms. The van der Waals surface area contributed by atoms with Crippen molar-refractivity contribution in [2.75, 3.05) is 19.7 Å². The van der Waals surface area contributed by atoms with Gasteiger partial charge in [-0.05, 0) is 26.3 Å². The molecule has 0 spiro atoms. The standard InChI is InChI=1S/C15H33NO/c1-4-6-8-9-11-13-17-15(3)14-16-12-10-7-5-2/h15-16H,4-14H2,1-3H3. The topological polar surface area (TPSA) is 21.3 Å². The predicted molar refractivity (Wildman–Crippen MR) is 76.6 cm³/mol. The van der Waals surface area contributed by atoms with Gasteiger partial charge in [0, 0.05) is 13.2 Å². The molecule has 17 heavy (non-hydrogen) atoms. The van der Waals surface area contributed by atoms with Gasteiger partial charge in [0.1, 0.15) is 0 Å². The van der Waals surface area contributed by atoms with Gasteiger partial charge in [-0.25, -0.2) is 0 Å². The van der Waals surface area contributed by atoms with E-state index >= 15 is 0 Å². The maximum absolute atomic E-state index is 5.77. The lowest BCUT2D eigenvalue weighted by molar-refractivity contribution is 0.0631. The van der Waals surface area contributed by atoms with Gasteiger partial charge in [-0.15, -0.1) is 0 Å². The molecule has 0 rings (SSSR count). The Morgan fingerprint density at radius 2 is 1.53 bits per heavy atom. The molecular formula is C15H33NO. The summed E-state index contributed by atoms with van der Waals surface area (Å²) < 4.78 is 5.77. The molecule has 0 aliphatic carbocycles. The van der Waals surface area contributed by atoms with E-state index < -0.39 is 0 Å². The van der Waals surface area contributed by atoms with Crippen LogP contribution in [0.3, 0.4) is 0 Å². The number of nitrogens with one attached hydrogen (secondary N) is 1. The molecule has 2 nitrogen and oxygen atoms in total. The minimum Gasteiger partial charge on any atom is -0.377 e. The van der Waals surface area contributed by atoms with Gasteiger partial charge in [-0.3, -0.25) is 0 Å². The Morgan fingerprint density at radius 1 is 0.882 bits per heavy atom. The summed E-state index contributed by atoms with van der Waals surface area (Å²) >= 11 is 0. The Bertz CT molecular complexity index is 139. The van der Waals surface area contributed by atoms with Crippen molar-refractivity contribution in [3.8, 4) is 0 Å². The normalized spacial score (nSPS) is 12.9. The van der Waals surface area contributed by atoms with Crippen LogP contribution in [0.5, 0.6) is 0 Å². The van der Waals surface area contributed by atoms with Crippen LogP contribution in [-0.2, 0) is 4.74 Å². The molecule has 1 unspecified atom stereocenters. The van der Waals surface area contributed by atoms with Gasteiger partial charge in [0.25, 0.3) is 0 Å². The predicted octanol–water partition coefficient (Wildman–Crippen LogP) is 4.14. The fraction of sp³-hybridized carbons (Fsp3) is 1.00. The lowest BCUT2D eigenvalue weighted by atomic mass is 10.2. The molecule has 0 amide bonds. The average molecular weight is 243 g/mol. The van der Waals surface area contributed by atoms with Gasteiger partial charge in [-0.1, -0.05) is 52.4 Å². The molecule has 0 aromatic rings. The van der Waals surface area contributed by atoms with Gasteiger partial charge in [-0.2, -0.15) is 0 Å². The summed E-state index contributed by atoms with van der Waals surface area (Å²) in [6.07, 6.45) is 10.9. The smallest absolute Gasteiger partial charge is 0.0671 e. The van der Waals surface area contributed by atoms with E-state index in [-0.39, 0.29) is 0 Å². The number of unbranched alkanes of at least 4 members (excludes halogenated alkanes) is 6. The minimum atomic E-state index is 0.364. The fourth-order valence-electron chi connectivity index (χ4n) is 1.85. The molecule has 0 aromatic heterocycles. The molecule has 0 aliphatic heterocycles. The average Bonchev–Trinajstić information content (AvgIpc) is 2.33. The van der Waals surface area contributed by atoms with Crippen LogP contribution >= 0.6 is 0 Å². The number of ether oxygens (including phenoxy) is 1. The van der Waals surface area contributed by atoms with Gasteiger partial charge in [0.05, 0.1) is 6.10 Å². The number of hydrogen-bond acceptors (Lipinski definition) is 2. The van der Waals surface area contributed by atoms with Gasteiger partial charge < -0.3 is 10.1 Å². The van der Waals surface area contributed by atoms with Crippen molar-refractivity contribution in [2.24, 2.45) is 0 Å². The van der Waals surface area contributed by atoms with E-state index in [4.69, 9.17) is 4.74 Å². The van der Waals surface area contributed by atoms with Crippen LogP contribution in [0.2, 0.25) is 0 Å². The summed E-state index contributed by atoms with van der Waals surface area (Å²) in [7, 11) is 0. The second-order valence-electron chi connectivity index (χ2n) is 5.01. The first kappa shape index (κ1) is 16.9. The SMILES string of the molecule is CCCCCCCOC(C)CNCCCCC. The van der Waals surface area contributed by atoms with Gasteiger partial charge in [0.2, 0.25) is 0 Å². The quantitative estimate of drug-likeness (QED) is 0.491. The highest BCUT2D eigenvalue weighted by Gasteiger charge is 2.00. The Morgan fingerprint density at radius 3 is 2.24 bits per heavy atom. The van der Waals surface area contributed by atoms with Gasteiger partial charge in [0.15, 0.2) is 0 Å². The number of hydrogen-bond donors (Lipinski definition) is 1. The molecule has 0 aromatic carbocycles. The summed E-state index contributed by atoms with van der Waals surface area (Å²) in [6, 6.07) is 0. The highest BCUT2D eigenvalue weighted by molar-refractivity contribution is 4.56. The first-order chi connectivity index (χ1) is 8.31. The van der Waals surface area contributed by atoms with E-state index in [0.29, 0.717) is 6.10 Å². The van der Waals surface area contributed by atoms with Crippen LogP contribution in [0.1, 0.15) is 72.1 Å². The van der Waals surface area contributed by atoms with Crippen LogP contribution < -0.4 is 5.32 Å². The Balaban J connectivity index is 3.09. The van der Waals surface area contributed by atoms with Crippen molar-refractivity contribution in [1.29, 1.82) is 0 Å². The summed E-state index contributed by atoms with van der Waals surface area (Å²) in [5, 5.41) is 3.46. The molecule has 0 fully saturated rings. The fourth-order valence-corrected chi connectivity index (χ4v) is 1.85. The van der Waals surface area contributed by atoms with Crippen molar-refractivity contribution in [1.82, 2.24) is 5.32 Å². The summed E-state index contributed by atoms with van der Waals surface area (Å²) in [5.74, 6) is 0. The van der Waals surface area contributed by atoms with Crippen LogP contribution in [0.15, 0.2) is 0 Å². The van der Waals surface area contributed by atoms with Crippen molar-refractivity contribution in [3.63, 3.8) is 0 Å². The van der Waals surface area contributed by atoms with Crippen LogP contribution in [0, 0.1) is 0 Å². The van der Waals surface area contributed by atoms with Gasteiger partial charge >= 0.3 is 0 Å². The van der Waals surface area contributed by atoms with E-state index in [0.717, 1.165) is 19.7 Å². The Hall–Kier alpha value is -0.0800.